The van der Waals surface area contributed by atoms with Crippen molar-refractivity contribution in [2.24, 2.45) is 0 Å². The molecule has 0 aliphatic heterocycles. The fourth-order valence-electron chi connectivity index (χ4n) is 1.11. The zero-order valence-electron chi connectivity index (χ0n) is 9.05. The third-order valence-electron chi connectivity index (χ3n) is 2.05. The van der Waals surface area contributed by atoms with Gasteiger partial charge in [-0.2, -0.15) is 0 Å². The van der Waals surface area contributed by atoms with Crippen molar-refractivity contribution < 1.29 is 14.3 Å². The van der Waals surface area contributed by atoms with Gasteiger partial charge in [-0.25, -0.2) is 4.79 Å². The standard InChI is InChI=1S/C10H20O3/c1-5-7-10(3,12-4)9(11)13-8-6-2/h5-8H2,1-4H3. The van der Waals surface area contributed by atoms with E-state index in [1.807, 2.05) is 13.8 Å². The first-order valence-electron chi connectivity index (χ1n) is 4.83. The zero-order chi connectivity index (χ0) is 10.3. The SMILES string of the molecule is CCCOC(=O)C(C)(CCC)OC. The van der Waals surface area contributed by atoms with Gasteiger partial charge in [0.1, 0.15) is 0 Å². The zero-order valence-corrected chi connectivity index (χ0v) is 9.05. The van der Waals surface area contributed by atoms with E-state index in [0.717, 1.165) is 12.8 Å². The Morgan fingerprint density at radius 3 is 2.31 bits per heavy atom. The lowest BCUT2D eigenvalue weighted by atomic mass is 10.0. The Bertz CT molecular complexity index is 156. The maximum atomic E-state index is 11.5. The lowest BCUT2D eigenvalue weighted by Crippen LogP contribution is -2.39. The highest BCUT2D eigenvalue weighted by molar-refractivity contribution is 5.79. The molecule has 0 amide bonds. The molecule has 0 spiro atoms. The second-order valence-electron chi connectivity index (χ2n) is 3.32. The Kier molecular flexibility index (Phi) is 5.71. The molecule has 0 aliphatic rings. The van der Waals surface area contributed by atoms with E-state index in [1.54, 1.807) is 14.0 Å². The van der Waals surface area contributed by atoms with Crippen LogP contribution in [-0.4, -0.2) is 25.3 Å². The number of hydrogen-bond donors (Lipinski definition) is 0. The van der Waals surface area contributed by atoms with Crippen LogP contribution in [0.1, 0.15) is 40.0 Å². The molecule has 1 atom stereocenters. The maximum absolute atomic E-state index is 11.5. The molecule has 3 nitrogen and oxygen atoms in total. The van der Waals surface area contributed by atoms with Gasteiger partial charge in [-0.3, -0.25) is 0 Å². The molecule has 0 aromatic carbocycles. The summed E-state index contributed by atoms with van der Waals surface area (Å²) in [6, 6.07) is 0. The van der Waals surface area contributed by atoms with E-state index in [-0.39, 0.29) is 5.97 Å². The van der Waals surface area contributed by atoms with Crippen molar-refractivity contribution in [3.05, 3.63) is 0 Å². The van der Waals surface area contributed by atoms with Crippen LogP contribution in [0.4, 0.5) is 0 Å². The van der Waals surface area contributed by atoms with Crippen LogP contribution in [0.25, 0.3) is 0 Å². The molecule has 0 bridgehead atoms. The fourth-order valence-corrected chi connectivity index (χ4v) is 1.11. The van der Waals surface area contributed by atoms with Gasteiger partial charge >= 0.3 is 5.97 Å². The van der Waals surface area contributed by atoms with E-state index in [4.69, 9.17) is 9.47 Å². The molecule has 0 fully saturated rings. The molecule has 3 heteroatoms. The summed E-state index contributed by atoms with van der Waals surface area (Å²) in [6.07, 6.45) is 2.45. The number of esters is 1. The van der Waals surface area contributed by atoms with Gasteiger partial charge in [-0.15, -0.1) is 0 Å². The Labute approximate surface area is 80.4 Å². The van der Waals surface area contributed by atoms with Gasteiger partial charge in [-0.1, -0.05) is 20.3 Å². The third kappa shape index (κ3) is 3.77. The second-order valence-corrected chi connectivity index (χ2v) is 3.32. The molecule has 1 unspecified atom stereocenters. The summed E-state index contributed by atoms with van der Waals surface area (Å²) in [5.41, 5.74) is -0.760. The molecular formula is C10H20O3. The van der Waals surface area contributed by atoms with Crippen LogP contribution in [0, 0.1) is 0 Å². The molecule has 0 saturated carbocycles. The summed E-state index contributed by atoms with van der Waals surface area (Å²) in [5, 5.41) is 0. The van der Waals surface area contributed by atoms with Gasteiger partial charge in [0.15, 0.2) is 5.60 Å². The largest absolute Gasteiger partial charge is 0.464 e. The van der Waals surface area contributed by atoms with Crippen LogP contribution in [0.2, 0.25) is 0 Å². The van der Waals surface area contributed by atoms with Crippen molar-refractivity contribution in [1.29, 1.82) is 0 Å². The average Bonchev–Trinajstić information content (AvgIpc) is 2.14. The van der Waals surface area contributed by atoms with Crippen molar-refractivity contribution in [1.82, 2.24) is 0 Å². The summed E-state index contributed by atoms with van der Waals surface area (Å²) < 4.78 is 10.2. The number of carbonyl (C=O) groups excluding carboxylic acids is 1. The van der Waals surface area contributed by atoms with Gasteiger partial charge in [0.2, 0.25) is 0 Å². The van der Waals surface area contributed by atoms with Crippen molar-refractivity contribution in [3.8, 4) is 0 Å². The average molecular weight is 188 g/mol. The Balaban J connectivity index is 4.12. The summed E-state index contributed by atoms with van der Waals surface area (Å²) in [5.74, 6) is -0.251. The number of hydrogen-bond acceptors (Lipinski definition) is 3. The predicted molar refractivity (Wildman–Crippen MR) is 51.6 cm³/mol. The summed E-state index contributed by atoms with van der Waals surface area (Å²) in [4.78, 5) is 11.5. The minimum Gasteiger partial charge on any atom is -0.464 e. The highest BCUT2D eigenvalue weighted by Gasteiger charge is 2.33. The first-order chi connectivity index (χ1) is 6.10. The van der Waals surface area contributed by atoms with Gasteiger partial charge in [-0.05, 0) is 19.8 Å². The first kappa shape index (κ1) is 12.4. The number of carbonyl (C=O) groups is 1. The predicted octanol–water partition coefficient (Wildman–Crippen LogP) is 2.14. The van der Waals surface area contributed by atoms with Crippen LogP contribution < -0.4 is 0 Å². The molecule has 13 heavy (non-hydrogen) atoms. The molecule has 0 aromatic heterocycles. The maximum Gasteiger partial charge on any atom is 0.338 e. The molecule has 0 N–H and O–H groups in total. The van der Waals surface area contributed by atoms with Crippen molar-refractivity contribution in [3.63, 3.8) is 0 Å². The van der Waals surface area contributed by atoms with E-state index in [0.29, 0.717) is 13.0 Å². The topological polar surface area (TPSA) is 35.5 Å². The van der Waals surface area contributed by atoms with Crippen molar-refractivity contribution in [2.45, 2.75) is 45.6 Å². The second kappa shape index (κ2) is 5.97. The molecule has 0 rings (SSSR count). The van der Waals surface area contributed by atoms with Gasteiger partial charge in [0, 0.05) is 7.11 Å². The van der Waals surface area contributed by atoms with Crippen LogP contribution >= 0.6 is 0 Å². The van der Waals surface area contributed by atoms with Crippen molar-refractivity contribution >= 4 is 5.97 Å². The van der Waals surface area contributed by atoms with Crippen LogP contribution in [0.3, 0.4) is 0 Å². The minimum atomic E-state index is -0.760. The normalized spacial score (nSPS) is 15.1. The molecule has 0 aromatic rings. The number of methoxy groups -OCH3 is 1. The lowest BCUT2D eigenvalue weighted by Gasteiger charge is -2.25. The molecule has 78 valence electrons. The molecule has 0 heterocycles. The van der Waals surface area contributed by atoms with E-state index in [9.17, 15) is 4.79 Å². The Morgan fingerprint density at radius 1 is 1.31 bits per heavy atom. The molecule has 0 saturated heterocycles. The number of rotatable bonds is 6. The smallest absolute Gasteiger partial charge is 0.338 e. The Morgan fingerprint density at radius 2 is 1.92 bits per heavy atom. The molecule has 0 aliphatic carbocycles. The minimum absolute atomic E-state index is 0.251. The van der Waals surface area contributed by atoms with Crippen LogP contribution in [0.5, 0.6) is 0 Å². The van der Waals surface area contributed by atoms with Crippen molar-refractivity contribution in [2.75, 3.05) is 13.7 Å². The summed E-state index contributed by atoms with van der Waals surface area (Å²) >= 11 is 0. The lowest BCUT2D eigenvalue weighted by molar-refractivity contribution is -0.168. The van der Waals surface area contributed by atoms with Gasteiger partial charge < -0.3 is 9.47 Å². The highest BCUT2D eigenvalue weighted by atomic mass is 16.6. The first-order valence-corrected chi connectivity index (χ1v) is 4.83. The Hall–Kier alpha value is -0.570. The molecular weight excluding hydrogens is 168 g/mol. The highest BCUT2D eigenvalue weighted by Crippen LogP contribution is 2.18. The van der Waals surface area contributed by atoms with E-state index in [2.05, 4.69) is 0 Å². The van der Waals surface area contributed by atoms with Crippen LogP contribution in [-0.2, 0) is 14.3 Å². The van der Waals surface area contributed by atoms with Crippen LogP contribution in [0.15, 0.2) is 0 Å². The van der Waals surface area contributed by atoms with E-state index < -0.39 is 5.60 Å². The van der Waals surface area contributed by atoms with Gasteiger partial charge in [0.05, 0.1) is 6.61 Å². The quantitative estimate of drug-likeness (QED) is 0.599. The fraction of sp³-hybridized carbons (Fsp3) is 0.900. The molecule has 0 radical (unpaired) electrons. The van der Waals surface area contributed by atoms with E-state index in [1.165, 1.54) is 0 Å². The summed E-state index contributed by atoms with van der Waals surface area (Å²) in [6.45, 7) is 6.23. The number of ether oxygens (including phenoxy) is 2. The monoisotopic (exact) mass is 188 g/mol. The summed E-state index contributed by atoms with van der Waals surface area (Å²) in [7, 11) is 1.54. The van der Waals surface area contributed by atoms with Gasteiger partial charge in [0.25, 0.3) is 0 Å². The third-order valence-corrected chi connectivity index (χ3v) is 2.05. The van der Waals surface area contributed by atoms with E-state index >= 15 is 0 Å².